The molecule has 0 heterocycles. The van der Waals surface area contributed by atoms with E-state index in [9.17, 15) is 0 Å². The molecule has 0 bridgehead atoms. The van der Waals surface area contributed by atoms with Crippen molar-refractivity contribution in [3.63, 3.8) is 0 Å². The fourth-order valence-electron chi connectivity index (χ4n) is 4.72. The van der Waals surface area contributed by atoms with Crippen LogP contribution in [-0.2, 0) is 21.7 Å². The molecule has 4 atom stereocenters. The van der Waals surface area contributed by atoms with Crippen LogP contribution in [0, 0.1) is 46.5 Å². The summed E-state index contributed by atoms with van der Waals surface area (Å²) in [5, 5.41) is 0. The first-order valence-corrected chi connectivity index (χ1v) is 13.0. The van der Waals surface area contributed by atoms with Crippen molar-refractivity contribution >= 4 is 0 Å². The van der Waals surface area contributed by atoms with Crippen LogP contribution in [0.1, 0.15) is 78.5 Å². The summed E-state index contributed by atoms with van der Waals surface area (Å²) < 4.78 is 0. The van der Waals surface area contributed by atoms with Gasteiger partial charge in [0.25, 0.3) is 0 Å². The van der Waals surface area contributed by atoms with Crippen molar-refractivity contribution in [2.75, 3.05) is 0 Å². The maximum absolute atomic E-state index is 3.72. The predicted molar refractivity (Wildman–Crippen MR) is 159 cm³/mol. The third kappa shape index (κ3) is 9.96. The fraction of sp³-hybridized carbons (Fsp3) is 0.278. The van der Waals surface area contributed by atoms with Gasteiger partial charge in [-0.3, -0.25) is 0 Å². The molecule has 4 aromatic carbocycles. The van der Waals surface area contributed by atoms with Gasteiger partial charge < -0.3 is 0 Å². The van der Waals surface area contributed by atoms with Crippen LogP contribution >= 0.6 is 0 Å². The SMILES string of the molecule is Cc1cc2c([c-]1C)C(C)C(C)C(C)C2C.[CH2-]c1ccccc1.[CH2-]c1ccccc1.[CH2-]c1ccccc1.[Ti+4]. The van der Waals surface area contributed by atoms with Crippen LogP contribution in [-0.4, -0.2) is 0 Å². The third-order valence-electron chi connectivity index (χ3n) is 7.56. The maximum Gasteiger partial charge on any atom is 4.00 e. The molecule has 4 aromatic rings. The summed E-state index contributed by atoms with van der Waals surface area (Å²) in [6.45, 7) is 25.3. The maximum atomic E-state index is 3.72. The molecule has 0 nitrogen and oxygen atoms in total. The van der Waals surface area contributed by atoms with Gasteiger partial charge in [0.2, 0.25) is 0 Å². The van der Waals surface area contributed by atoms with Gasteiger partial charge in [-0.15, -0.1) is 36.4 Å². The molecule has 0 radical (unpaired) electrons. The summed E-state index contributed by atoms with van der Waals surface area (Å²) >= 11 is 0. The van der Waals surface area contributed by atoms with Crippen molar-refractivity contribution in [2.45, 2.75) is 53.4 Å². The van der Waals surface area contributed by atoms with E-state index in [0.29, 0.717) is 0 Å². The van der Waals surface area contributed by atoms with E-state index in [0.717, 1.165) is 40.4 Å². The zero-order valence-corrected chi connectivity index (χ0v) is 25.2. The van der Waals surface area contributed by atoms with Gasteiger partial charge in [0.1, 0.15) is 0 Å². The predicted octanol–water partition coefficient (Wildman–Crippen LogP) is 10.1. The minimum absolute atomic E-state index is 0. The summed E-state index contributed by atoms with van der Waals surface area (Å²) in [6, 6.07) is 32.0. The Morgan fingerprint density at radius 3 is 1.19 bits per heavy atom. The van der Waals surface area contributed by atoms with E-state index in [1.165, 1.54) is 5.56 Å². The molecule has 0 spiro atoms. The van der Waals surface area contributed by atoms with Crippen molar-refractivity contribution in [1.29, 1.82) is 0 Å². The summed E-state index contributed by atoms with van der Waals surface area (Å²) in [7, 11) is 0. The molecule has 1 aliphatic rings. The van der Waals surface area contributed by atoms with Gasteiger partial charge in [0.05, 0.1) is 0 Å². The Bertz CT molecular complexity index is 1040. The van der Waals surface area contributed by atoms with Gasteiger partial charge in [0, 0.05) is 0 Å². The Kier molecular flexibility index (Phi) is 14.2. The Morgan fingerprint density at radius 1 is 0.568 bits per heavy atom. The van der Waals surface area contributed by atoms with E-state index in [2.05, 4.69) is 68.4 Å². The number of fused-ring (bicyclic) bond motifs is 1. The first-order valence-electron chi connectivity index (χ1n) is 13.0. The number of benzene rings is 3. The second kappa shape index (κ2) is 16.2. The molecule has 0 fully saturated rings. The van der Waals surface area contributed by atoms with Gasteiger partial charge in [-0.1, -0.05) is 65.7 Å². The Morgan fingerprint density at radius 2 is 0.892 bits per heavy atom. The minimum atomic E-state index is 0. The molecule has 1 aliphatic carbocycles. The molecule has 37 heavy (non-hydrogen) atoms. The van der Waals surface area contributed by atoms with Gasteiger partial charge in [-0.05, 0) is 17.8 Å². The van der Waals surface area contributed by atoms with E-state index in [-0.39, 0.29) is 21.7 Å². The molecule has 0 N–H and O–H groups in total. The van der Waals surface area contributed by atoms with Crippen LogP contribution in [0.3, 0.4) is 0 Å². The van der Waals surface area contributed by atoms with Crippen molar-refractivity contribution in [3.8, 4) is 0 Å². The van der Waals surface area contributed by atoms with E-state index in [1.807, 2.05) is 91.0 Å². The first kappa shape index (κ1) is 32.4. The van der Waals surface area contributed by atoms with Crippen LogP contribution in [0.2, 0.25) is 0 Å². The minimum Gasteiger partial charge on any atom is -0.207 e. The van der Waals surface area contributed by atoms with Crippen LogP contribution in [0.5, 0.6) is 0 Å². The van der Waals surface area contributed by atoms with Gasteiger partial charge >= 0.3 is 21.7 Å². The van der Waals surface area contributed by atoms with Crippen molar-refractivity contribution in [2.24, 2.45) is 11.8 Å². The van der Waals surface area contributed by atoms with E-state index in [1.54, 1.807) is 16.7 Å². The second-order valence-electron chi connectivity index (χ2n) is 10.1. The molecule has 0 aromatic heterocycles. The standard InChI is InChI=1S/C15H23.3C7H7.Ti/c1-8-7-14-12(5)10(3)11(4)13(6)15(14)9(8)2;3*1-7-5-3-2-4-6-7;/h7,10-13H,1-6H3;3*2-6H,1H2;/q4*-1;+4. The van der Waals surface area contributed by atoms with Crippen LogP contribution in [0.15, 0.2) is 97.1 Å². The smallest absolute Gasteiger partial charge is 0.207 e. The zero-order valence-electron chi connectivity index (χ0n) is 23.7. The summed E-state index contributed by atoms with van der Waals surface area (Å²) in [6.07, 6.45) is 0. The van der Waals surface area contributed by atoms with Crippen LogP contribution < -0.4 is 0 Å². The third-order valence-corrected chi connectivity index (χ3v) is 7.56. The summed E-state index contributed by atoms with van der Waals surface area (Å²) in [5.74, 6) is 3.10. The number of hydrogen-bond donors (Lipinski definition) is 0. The summed E-state index contributed by atoms with van der Waals surface area (Å²) in [4.78, 5) is 0. The van der Waals surface area contributed by atoms with Gasteiger partial charge in [-0.25, -0.2) is 6.07 Å². The Hall–Kier alpha value is -2.67. The molecule has 0 amide bonds. The molecule has 5 rings (SSSR count). The van der Waals surface area contributed by atoms with Crippen LogP contribution in [0.25, 0.3) is 0 Å². The molecule has 1 heteroatoms. The number of rotatable bonds is 0. The monoisotopic (exact) mass is 524 g/mol. The Balaban J connectivity index is 0.000000264. The molecule has 0 saturated heterocycles. The zero-order chi connectivity index (χ0) is 26.7. The normalized spacial score (nSPS) is 19.2. The fourth-order valence-corrected chi connectivity index (χ4v) is 4.72. The molecule has 4 unspecified atom stereocenters. The van der Waals surface area contributed by atoms with Crippen molar-refractivity contribution in [3.05, 3.63) is 157 Å². The van der Waals surface area contributed by atoms with Gasteiger partial charge in [0.15, 0.2) is 0 Å². The largest absolute Gasteiger partial charge is 4.00 e. The quantitative estimate of drug-likeness (QED) is 0.159. The second-order valence-corrected chi connectivity index (χ2v) is 10.1. The van der Waals surface area contributed by atoms with Crippen LogP contribution in [0.4, 0.5) is 0 Å². The number of hydrogen-bond acceptors (Lipinski definition) is 0. The first-order chi connectivity index (χ1) is 17.1. The molecular weight excluding hydrogens is 480 g/mol. The van der Waals surface area contributed by atoms with E-state index >= 15 is 0 Å². The van der Waals surface area contributed by atoms with E-state index in [4.69, 9.17) is 0 Å². The van der Waals surface area contributed by atoms with Gasteiger partial charge in [-0.2, -0.15) is 96.1 Å². The molecule has 0 saturated carbocycles. The topological polar surface area (TPSA) is 0 Å². The Labute approximate surface area is 242 Å². The van der Waals surface area contributed by atoms with Crippen molar-refractivity contribution in [1.82, 2.24) is 0 Å². The summed E-state index contributed by atoms with van der Waals surface area (Å²) in [5.41, 5.74) is 9.53. The molecular formula is C36H44Ti. The number of aryl methyl sites for hydroxylation is 1. The molecule has 192 valence electrons. The molecule has 0 aliphatic heterocycles. The van der Waals surface area contributed by atoms with Crippen molar-refractivity contribution < 1.29 is 21.7 Å². The van der Waals surface area contributed by atoms with E-state index < -0.39 is 0 Å². The average molecular weight is 525 g/mol. The average Bonchev–Trinajstić information content (AvgIpc) is 3.18.